The van der Waals surface area contributed by atoms with Gasteiger partial charge in [0.25, 0.3) is 0 Å². The van der Waals surface area contributed by atoms with Crippen LogP contribution in [-0.4, -0.2) is 27.8 Å². The van der Waals surface area contributed by atoms with Gasteiger partial charge in [-0.05, 0) is 23.8 Å². The smallest absolute Gasteiger partial charge is 0.179 e. The molecule has 0 saturated heterocycles. The van der Waals surface area contributed by atoms with E-state index in [-0.39, 0.29) is 0 Å². The summed E-state index contributed by atoms with van der Waals surface area (Å²) in [6.45, 7) is 0. The third kappa shape index (κ3) is 1.78. The summed E-state index contributed by atoms with van der Waals surface area (Å²) in [5.74, 6) is 3.23. The first-order valence-corrected chi connectivity index (χ1v) is 7.60. The molecule has 0 bridgehead atoms. The lowest BCUT2D eigenvalue weighted by Gasteiger charge is -2.06. The van der Waals surface area contributed by atoms with E-state index >= 15 is 0 Å². The standard InChI is InChI=1S/C15H14N4S/c1-16-13-7-6-11-15(18-13)19-14(17-11)10-8-20-12-5-3-2-4-9(10)12/h2-7,10H,8H2,1H3,(H2,16,17,18,19). The van der Waals surface area contributed by atoms with Crippen LogP contribution in [0, 0.1) is 0 Å². The van der Waals surface area contributed by atoms with Crippen molar-refractivity contribution in [2.75, 3.05) is 18.1 Å². The van der Waals surface area contributed by atoms with Crippen LogP contribution in [0.25, 0.3) is 11.2 Å². The minimum atomic E-state index is 0.337. The highest BCUT2D eigenvalue weighted by atomic mass is 32.2. The number of pyridine rings is 1. The molecular formula is C15H14N4S. The number of hydrogen-bond donors (Lipinski definition) is 2. The molecular weight excluding hydrogens is 268 g/mol. The molecule has 1 aromatic carbocycles. The number of H-pyrrole nitrogens is 1. The van der Waals surface area contributed by atoms with Crippen LogP contribution >= 0.6 is 11.8 Å². The molecule has 4 nitrogen and oxygen atoms in total. The van der Waals surface area contributed by atoms with E-state index in [1.807, 2.05) is 30.9 Å². The van der Waals surface area contributed by atoms with Crippen molar-refractivity contribution in [2.24, 2.45) is 0 Å². The Bertz CT molecular complexity index is 780. The van der Waals surface area contributed by atoms with Gasteiger partial charge in [0.1, 0.15) is 11.6 Å². The number of nitrogens with zero attached hydrogens (tertiary/aromatic N) is 2. The number of imidazole rings is 1. The van der Waals surface area contributed by atoms with Gasteiger partial charge < -0.3 is 10.3 Å². The van der Waals surface area contributed by atoms with E-state index in [0.29, 0.717) is 5.92 Å². The summed E-state index contributed by atoms with van der Waals surface area (Å²) >= 11 is 1.90. The van der Waals surface area contributed by atoms with Crippen LogP contribution < -0.4 is 5.32 Å². The number of aromatic amines is 1. The summed E-state index contributed by atoms with van der Waals surface area (Å²) < 4.78 is 0. The van der Waals surface area contributed by atoms with Crippen LogP contribution in [0.2, 0.25) is 0 Å². The first kappa shape index (κ1) is 11.8. The van der Waals surface area contributed by atoms with Crippen molar-refractivity contribution >= 4 is 28.7 Å². The third-order valence-corrected chi connectivity index (χ3v) is 4.83. The van der Waals surface area contributed by atoms with Gasteiger partial charge in [-0.1, -0.05) is 18.2 Å². The maximum absolute atomic E-state index is 4.68. The first-order chi connectivity index (χ1) is 9.85. The molecule has 2 aromatic heterocycles. The van der Waals surface area contributed by atoms with Gasteiger partial charge in [-0.15, -0.1) is 11.8 Å². The van der Waals surface area contributed by atoms with Gasteiger partial charge in [-0.3, -0.25) is 0 Å². The molecule has 1 aliphatic rings. The summed E-state index contributed by atoms with van der Waals surface area (Å²) in [7, 11) is 1.87. The number of rotatable bonds is 2. The SMILES string of the molecule is CNc1ccc2[nH]c(C3CSc4ccccc43)nc2n1. The number of anilines is 1. The Morgan fingerprint density at radius 3 is 3.00 bits per heavy atom. The fourth-order valence-electron chi connectivity index (χ4n) is 2.60. The van der Waals surface area contributed by atoms with Gasteiger partial charge in [0.15, 0.2) is 5.65 Å². The third-order valence-electron chi connectivity index (χ3n) is 3.65. The minimum Gasteiger partial charge on any atom is -0.373 e. The maximum atomic E-state index is 4.68. The molecule has 1 unspecified atom stereocenters. The van der Waals surface area contributed by atoms with Crippen LogP contribution in [0.4, 0.5) is 5.82 Å². The zero-order valence-corrected chi connectivity index (χ0v) is 11.9. The van der Waals surface area contributed by atoms with Crippen LogP contribution in [0.1, 0.15) is 17.3 Å². The zero-order chi connectivity index (χ0) is 13.5. The fraction of sp³-hybridized carbons (Fsp3) is 0.200. The second-order valence-electron chi connectivity index (χ2n) is 4.84. The van der Waals surface area contributed by atoms with Crippen molar-refractivity contribution in [3.05, 3.63) is 47.8 Å². The van der Waals surface area contributed by atoms with Crippen LogP contribution in [-0.2, 0) is 0 Å². The van der Waals surface area contributed by atoms with Gasteiger partial charge in [-0.25, -0.2) is 9.97 Å². The quantitative estimate of drug-likeness (QED) is 0.757. The highest BCUT2D eigenvalue weighted by Crippen LogP contribution is 2.42. The molecule has 1 aliphatic heterocycles. The van der Waals surface area contributed by atoms with E-state index < -0.39 is 0 Å². The number of hydrogen-bond acceptors (Lipinski definition) is 4. The Balaban J connectivity index is 1.80. The topological polar surface area (TPSA) is 53.6 Å². The van der Waals surface area contributed by atoms with E-state index in [2.05, 4.69) is 44.5 Å². The predicted molar refractivity (Wildman–Crippen MR) is 82.4 cm³/mol. The molecule has 4 rings (SSSR count). The molecule has 3 heterocycles. The van der Waals surface area contributed by atoms with Crippen molar-refractivity contribution in [1.82, 2.24) is 15.0 Å². The molecule has 0 saturated carbocycles. The Labute approximate surface area is 121 Å². The van der Waals surface area contributed by atoms with Crippen LogP contribution in [0.3, 0.4) is 0 Å². The number of nitrogens with one attached hydrogen (secondary N) is 2. The maximum Gasteiger partial charge on any atom is 0.179 e. The number of fused-ring (bicyclic) bond motifs is 2. The highest BCUT2D eigenvalue weighted by molar-refractivity contribution is 7.99. The average molecular weight is 282 g/mol. The van der Waals surface area contributed by atoms with Gasteiger partial charge >= 0.3 is 0 Å². The molecule has 100 valence electrons. The first-order valence-electron chi connectivity index (χ1n) is 6.61. The summed E-state index contributed by atoms with van der Waals surface area (Å²) in [5.41, 5.74) is 3.14. The Morgan fingerprint density at radius 2 is 2.10 bits per heavy atom. The summed E-state index contributed by atoms with van der Waals surface area (Å²) in [4.78, 5) is 13.9. The molecule has 0 amide bonds. The second-order valence-corrected chi connectivity index (χ2v) is 5.90. The highest BCUT2D eigenvalue weighted by Gasteiger charge is 2.26. The van der Waals surface area contributed by atoms with Crippen molar-refractivity contribution in [2.45, 2.75) is 10.8 Å². The number of thioether (sulfide) groups is 1. The van der Waals surface area contributed by atoms with Gasteiger partial charge in [-0.2, -0.15) is 0 Å². The van der Waals surface area contributed by atoms with Crippen LogP contribution in [0.5, 0.6) is 0 Å². The molecule has 0 spiro atoms. The van der Waals surface area contributed by atoms with Crippen molar-refractivity contribution in [3.63, 3.8) is 0 Å². The average Bonchev–Trinajstić information content (AvgIpc) is 3.09. The van der Waals surface area contributed by atoms with E-state index in [1.165, 1.54) is 10.5 Å². The molecule has 1 atom stereocenters. The lowest BCUT2D eigenvalue weighted by atomic mass is 10.0. The van der Waals surface area contributed by atoms with Crippen molar-refractivity contribution in [1.29, 1.82) is 0 Å². The molecule has 2 N–H and O–H groups in total. The second kappa shape index (κ2) is 4.52. The van der Waals surface area contributed by atoms with Gasteiger partial charge in [0.2, 0.25) is 0 Å². The summed E-state index contributed by atoms with van der Waals surface area (Å²) in [5, 5.41) is 3.04. The van der Waals surface area contributed by atoms with Crippen LogP contribution in [0.15, 0.2) is 41.3 Å². The number of aromatic nitrogens is 3. The normalized spacial score (nSPS) is 17.4. The number of benzene rings is 1. The zero-order valence-electron chi connectivity index (χ0n) is 11.1. The molecule has 0 fully saturated rings. The fourth-order valence-corrected chi connectivity index (χ4v) is 3.84. The Morgan fingerprint density at radius 1 is 1.20 bits per heavy atom. The van der Waals surface area contributed by atoms with Crippen molar-refractivity contribution in [3.8, 4) is 0 Å². The van der Waals surface area contributed by atoms with E-state index in [4.69, 9.17) is 0 Å². The van der Waals surface area contributed by atoms with E-state index in [9.17, 15) is 0 Å². The molecule has 3 aromatic rings. The van der Waals surface area contributed by atoms with Gasteiger partial charge in [0.05, 0.1) is 11.4 Å². The molecule has 5 heteroatoms. The largest absolute Gasteiger partial charge is 0.373 e. The molecule has 20 heavy (non-hydrogen) atoms. The van der Waals surface area contributed by atoms with E-state index in [1.54, 1.807) is 0 Å². The Kier molecular flexibility index (Phi) is 2.67. The Hall–Kier alpha value is -2.01. The lowest BCUT2D eigenvalue weighted by Crippen LogP contribution is -2.01. The molecule has 0 radical (unpaired) electrons. The van der Waals surface area contributed by atoms with Gasteiger partial charge in [0, 0.05) is 17.7 Å². The molecule has 0 aliphatic carbocycles. The monoisotopic (exact) mass is 282 g/mol. The predicted octanol–water partition coefficient (Wildman–Crippen LogP) is 3.24. The van der Waals surface area contributed by atoms with Crippen molar-refractivity contribution < 1.29 is 0 Å². The summed E-state index contributed by atoms with van der Waals surface area (Å²) in [6, 6.07) is 12.5. The summed E-state index contributed by atoms with van der Waals surface area (Å²) in [6.07, 6.45) is 0. The minimum absolute atomic E-state index is 0.337. The lowest BCUT2D eigenvalue weighted by molar-refractivity contribution is 0.857. The van der Waals surface area contributed by atoms with E-state index in [0.717, 1.165) is 28.6 Å².